The number of carbonyl (C=O) groups is 3. The number of ketones is 2. The summed E-state index contributed by atoms with van der Waals surface area (Å²) in [5.41, 5.74) is -6.35. The molecule has 8 atom stereocenters. The molecular formula is C23H29FO7. The second-order valence-corrected chi connectivity index (χ2v) is 10.5. The summed E-state index contributed by atoms with van der Waals surface area (Å²) >= 11 is 0. The summed E-state index contributed by atoms with van der Waals surface area (Å²) in [7, 11) is 0. The highest BCUT2D eigenvalue weighted by atomic mass is 19.1. The summed E-state index contributed by atoms with van der Waals surface area (Å²) < 4.78 is 29.6. The van der Waals surface area contributed by atoms with Crippen molar-refractivity contribution in [2.24, 2.45) is 16.7 Å². The number of carbonyl (C=O) groups excluding carboxylic acids is 2. The van der Waals surface area contributed by atoms with Gasteiger partial charge in [-0.15, -0.1) is 0 Å². The fourth-order valence-corrected chi connectivity index (χ4v) is 8.15. The van der Waals surface area contributed by atoms with Gasteiger partial charge in [0.2, 0.25) is 0 Å². The van der Waals surface area contributed by atoms with Crippen LogP contribution in [-0.2, 0) is 23.9 Å². The van der Waals surface area contributed by atoms with E-state index in [4.69, 9.17) is 9.47 Å². The van der Waals surface area contributed by atoms with Crippen molar-refractivity contribution in [3.05, 3.63) is 11.6 Å². The predicted molar refractivity (Wildman–Crippen MR) is 105 cm³/mol. The standard InChI is InChI=1S/C23H29FO7/c1-12-30-21-8-9-22(31-12,17(27)18(28)29)20(21,3)11-16(26)23(24)15(21)5-4-13-10-14(25)6-7-19(13,23)2/h10,12,15-16,26H,4-9,11H2,1-3H3,(H,28,29)/t12?,15-,16-,19-,20-,21+,22+,23-/m0/s1. The zero-order valence-corrected chi connectivity index (χ0v) is 18.1. The zero-order chi connectivity index (χ0) is 22.6. The Morgan fingerprint density at radius 1 is 1.16 bits per heavy atom. The first kappa shape index (κ1) is 21.2. The number of aliphatic carboxylic acids is 1. The van der Waals surface area contributed by atoms with Gasteiger partial charge in [0.25, 0.3) is 5.78 Å². The number of aliphatic hydroxyl groups is 1. The Labute approximate surface area is 180 Å². The van der Waals surface area contributed by atoms with E-state index in [-0.39, 0.29) is 31.5 Å². The molecule has 4 fully saturated rings. The fraction of sp³-hybridized carbons (Fsp3) is 0.783. The Morgan fingerprint density at radius 2 is 1.87 bits per heavy atom. The number of ether oxygens (including phenoxy) is 2. The lowest BCUT2D eigenvalue weighted by Crippen LogP contribution is -2.79. The average Bonchev–Trinajstić information content (AvgIpc) is 2.82. The van der Waals surface area contributed by atoms with Crippen molar-refractivity contribution in [2.45, 2.75) is 95.0 Å². The number of hydrogen-bond donors (Lipinski definition) is 2. The normalized spacial score (nSPS) is 53.1. The molecule has 2 N–H and O–H groups in total. The van der Waals surface area contributed by atoms with E-state index >= 15 is 4.39 Å². The lowest BCUT2D eigenvalue weighted by Gasteiger charge is -2.69. The van der Waals surface area contributed by atoms with Crippen LogP contribution in [0.25, 0.3) is 0 Å². The molecule has 5 rings (SSSR count). The minimum Gasteiger partial charge on any atom is -0.475 e. The van der Waals surface area contributed by atoms with Crippen molar-refractivity contribution in [1.29, 1.82) is 0 Å². The van der Waals surface area contributed by atoms with Crippen molar-refractivity contribution in [1.82, 2.24) is 0 Å². The molecule has 0 aromatic heterocycles. The van der Waals surface area contributed by atoms with Gasteiger partial charge in [-0.25, -0.2) is 9.18 Å². The van der Waals surface area contributed by atoms with Crippen LogP contribution in [0.1, 0.15) is 65.7 Å². The van der Waals surface area contributed by atoms with Crippen LogP contribution in [0.5, 0.6) is 0 Å². The molecule has 1 heterocycles. The van der Waals surface area contributed by atoms with Gasteiger partial charge in [-0.2, -0.15) is 0 Å². The van der Waals surface area contributed by atoms with Crippen LogP contribution in [0.2, 0.25) is 0 Å². The van der Waals surface area contributed by atoms with Gasteiger partial charge in [0.05, 0.1) is 11.7 Å². The SMILES string of the molecule is CC1O[C@@]2(C(=O)C(=O)O)CC[C@@]3(O1)[C@@H]1CCC4=CC(=O)CC[C@]4(C)[C@@]1(F)[C@@H](O)C[C@]23C. The maximum absolute atomic E-state index is 17.3. The molecule has 1 saturated heterocycles. The van der Waals surface area contributed by atoms with E-state index in [1.54, 1.807) is 26.8 Å². The summed E-state index contributed by atoms with van der Waals surface area (Å²) in [6.07, 6.45) is 0.830. The molecule has 5 aliphatic rings. The molecule has 4 aliphatic carbocycles. The van der Waals surface area contributed by atoms with Crippen LogP contribution >= 0.6 is 0 Å². The van der Waals surface area contributed by atoms with E-state index in [1.165, 1.54) is 0 Å². The molecule has 1 aliphatic heterocycles. The van der Waals surface area contributed by atoms with E-state index in [0.717, 1.165) is 5.57 Å². The van der Waals surface area contributed by atoms with Gasteiger partial charge < -0.3 is 19.7 Å². The van der Waals surface area contributed by atoms with Crippen LogP contribution in [0.15, 0.2) is 11.6 Å². The van der Waals surface area contributed by atoms with E-state index in [9.17, 15) is 24.6 Å². The minimum atomic E-state index is -2.06. The summed E-state index contributed by atoms with van der Waals surface area (Å²) in [6.45, 7) is 5.11. The van der Waals surface area contributed by atoms with Crippen LogP contribution in [0, 0.1) is 16.7 Å². The van der Waals surface area contributed by atoms with Crippen molar-refractivity contribution in [2.75, 3.05) is 0 Å². The minimum absolute atomic E-state index is 0.0225. The third-order valence-corrected chi connectivity index (χ3v) is 9.60. The summed E-state index contributed by atoms with van der Waals surface area (Å²) in [5, 5.41) is 20.9. The number of hydrogen-bond acceptors (Lipinski definition) is 6. The second-order valence-electron chi connectivity index (χ2n) is 10.5. The molecule has 0 spiro atoms. The quantitative estimate of drug-likeness (QED) is 0.640. The number of Topliss-reactive ketones (excluding diaryl/α,β-unsaturated/α-hetero) is 1. The zero-order valence-electron chi connectivity index (χ0n) is 18.1. The van der Waals surface area contributed by atoms with Crippen LogP contribution in [-0.4, -0.2) is 57.0 Å². The van der Waals surface area contributed by atoms with Crippen molar-refractivity contribution in [3.8, 4) is 0 Å². The fourth-order valence-electron chi connectivity index (χ4n) is 8.15. The van der Waals surface area contributed by atoms with Crippen LogP contribution in [0.3, 0.4) is 0 Å². The third-order valence-electron chi connectivity index (χ3n) is 9.60. The molecule has 0 amide bonds. The number of aliphatic hydroxyl groups excluding tert-OH is 1. The molecule has 170 valence electrons. The van der Waals surface area contributed by atoms with Gasteiger partial charge >= 0.3 is 5.97 Å². The molecule has 1 unspecified atom stereocenters. The lowest BCUT2D eigenvalue weighted by molar-refractivity contribution is -0.385. The first-order valence-corrected chi connectivity index (χ1v) is 11.1. The second kappa shape index (κ2) is 6.02. The van der Waals surface area contributed by atoms with Crippen molar-refractivity contribution >= 4 is 17.5 Å². The van der Waals surface area contributed by atoms with Gasteiger partial charge in [-0.3, -0.25) is 9.59 Å². The van der Waals surface area contributed by atoms with Gasteiger partial charge in [-0.1, -0.05) is 19.4 Å². The number of alkyl halides is 1. The number of rotatable bonds is 2. The largest absolute Gasteiger partial charge is 0.475 e. The maximum atomic E-state index is 17.3. The Balaban J connectivity index is 1.70. The molecule has 2 bridgehead atoms. The molecule has 7 nitrogen and oxygen atoms in total. The van der Waals surface area contributed by atoms with Crippen LogP contribution in [0.4, 0.5) is 4.39 Å². The van der Waals surface area contributed by atoms with Gasteiger partial charge in [0, 0.05) is 23.2 Å². The van der Waals surface area contributed by atoms with E-state index in [0.29, 0.717) is 19.3 Å². The third kappa shape index (κ3) is 2.12. The predicted octanol–water partition coefficient (Wildman–Crippen LogP) is 2.49. The topological polar surface area (TPSA) is 110 Å². The number of halogens is 1. The Hall–Kier alpha value is -1.64. The highest BCUT2D eigenvalue weighted by molar-refractivity contribution is 6.36. The molecular weight excluding hydrogens is 407 g/mol. The monoisotopic (exact) mass is 436 g/mol. The number of carboxylic acid groups (broad SMARTS) is 1. The Kier molecular flexibility index (Phi) is 4.12. The van der Waals surface area contributed by atoms with Gasteiger partial charge in [0.15, 0.2) is 17.7 Å². The molecule has 0 radical (unpaired) electrons. The van der Waals surface area contributed by atoms with E-state index < -0.39 is 57.8 Å². The smallest absolute Gasteiger partial charge is 0.375 e. The highest BCUT2D eigenvalue weighted by Gasteiger charge is 2.83. The number of carboxylic acids is 1. The molecule has 31 heavy (non-hydrogen) atoms. The first-order valence-electron chi connectivity index (χ1n) is 11.1. The highest BCUT2D eigenvalue weighted by Crippen LogP contribution is 2.75. The number of fused-ring (bicyclic) bond motifs is 3. The Bertz CT molecular complexity index is 931. The van der Waals surface area contributed by atoms with Gasteiger partial charge in [-0.05, 0) is 51.5 Å². The molecule has 0 aromatic carbocycles. The van der Waals surface area contributed by atoms with E-state index in [1.807, 2.05) is 0 Å². The summed E-state index contributed by atoms with van der Waals surface area (Å²) in [6, 6.07) is 0. The number of allylic oxidation sites excluding steroid dienone is 1. The van der Waals surface area contributed by atoms with Crippen molar-refractivity contribution in [3.63, 3.8) is 0 Å². The van der Waals surface area contributed by atoms with Gasteiger partial charge in [0.1, 0.15) is 5.60 Å². The summed E-state index contributed by atoms with van der Waals surface area (Å²) in [5.74, 6) is -3.43. The lowest BCUT2D eigenvalue weighted by atomic mass is 9.42. The molecule has 3 saturated carbocycles. The summed E-state index contributed by atoms with van der Waals surface area (Å²) in [4.78, 5) is 36.7. The average molecular weight is 436 g/mol. The molecule has 8 heteroatoms. The molecule has 0 aromatic rings. The van der Waals surface area contributed by atoms with Crippen LogP contribution < -0.4 is 0 Å². The first-order chi connectivity index (χ1) is 14.4. The maximum Gasteiger partial charge on any atom is 0.375 e. The van der Waals surface area contributed by atoms with E-state index in [2.05, 4.69) is 0 Å². The van der Waals surface area contributed by atoms with Crippen molar-refractivity contribution < 1.29 is 38.5 Å². The Morgan fingerprint density at radius 3 is 2.55 bits per heavy atom.